The predicted octanol–water partition coefficient (Wildman–Crippen LogP) is 1.35. The van der Waals surface area contributed by atoms with Crippen LogP contribution in [0.3, 0.4) is 0 Å². The zero-order valence-corrected chi connectivity index (χ0v) is 9.82. The number of hydrogen-bond acceptors (Lipinski definition) is 3. The summed E-state index contributed by atoms with van der Waals surface area (Å²) in [7, 11) is 0. The number of nitrogens with one attached hydrogen (secondary N) is 2. The molecule has 2 N–H and O–H groups in total. The minimum absolute atomic E-state index is 0.104. The maximum absolute atomic E-state index is 11.9. The number of aromatic amines is 1. The standard InChI is InChI=1S/C12H14N4O/c1-8-3-9(2)5-10(4-8)12(17)13-6-11-14-7-15-16-11/h3-5,7H,6H2,1-2H3,(H,13,17)(H,14,15,16). The van der Waals surface area contributed by atoms with Gasteiger partial charge in [0.05, 0.1) is 6.54 Å². The van der Waals surface area contributed by atoms with Crippen molar-refractivity contribution in [1.29, 1.82) is 0 Å². The van der Waals surface area contributed by atoms with E-state index in [0.717, 1.165) is 11.1 Å². The molecule has 0 fully saturated rings. The molecule has 1 aromatic carbocycles. The SMILES string of the molecule is Cc1cc(C)cc(C(=O)NCc2ncn[nH]2)c1. The van der Waals surface area contributed by atoms with Gasteiger partial charge in [0, 0.05) is 5.56 Å². The molecule has 0 aliphatic heterocycles. The number of aromatic nitrogens is 3. The van der Waals surface area contributed by atoms with Gasteiger partial charge in [0.1, 0.15) is 12.2 Å². The lowest BCUT2D eigenvalue weighted by Gasteiger charge is -2.05. The van der Waals surface area contributed by atoms with Crippen LogP contribution in [0.25, 0.3) is 0 Å². The summed E-state index contributed by atoms with van der Waals surface area (Å²) in [5.41, 5.74) is 2.83. The van der Waals surface area contributed by atoms with Gasteiger partial charge in [0.2, 0.25) is 0 Å². The molecule has 1 amide bonds. The third kappa shape index (κ3) is 2.90. The Bertz CT molecular complexity index is 499. The van der Waals surface area contributed by atoms with Crippen molar-refractivity contribution in [1.82, 2.24) is 20.5 Å². The molecule has 0 unspecified atom stereocenters. The van der Waals surface area contributed by atoms with E-state index in [2.05, 4.69) is 20.5 Å². The molecule has 0 aliphatic rings. The van der Waals surface area contributed by atoms with Crippen LogP contribution in [0.4, 0.5) is 0 Å². The molecule has 0 saturated heterocycles. The van der Waals surface area contributed by atoms with Crippen molar-refractivity contribution < 1.29 is 4.79 Å². The van der Waals surface area contributed by atoms with E-state index in [1.165, 1.54) is 6.33 Å². The van der Waals surface area contributed by atoms with Gasteiger partial charge >= 0.3 is 0 Å². The van der Waals surface area contributed by atoms with Crippen LogP contribution in [0.5, 0.6) is 0 Å². The predicted molar refractivity (Wildman–Crippen MR) is 63.5 cm³/mol. The lowest BCUT2D eigenvalue weighted by molar-refractivity contribution is 0.0949. The molecule has 1 aromatic heterocycles. The van der Waals surface area contributed by atoms with E-state index < -0.39 is 0 Å². The van der Waals surface area contributed by atoms with Gasteiger partial charge in [0.25, 0.3) is 5.91 Å². The van der Waals surface area contributed by atoms with E-state index in [-0.39, 0.29) is 5.91 Å². The largest absolute Gasteiger partial charge is 0.345 e. The number of carbonyl (C=O) groups excluding carboxylic acids is 1. The fraction of sp³-hybridized carbons (Fsp3) is 0.250. The van der Waals surface area contributed by atoms with Gasteiger partial charge < -0.3 is 5.32 Å². The first-order chi connectivity index (χ1) is 8.15. The third-order valence-electron chi connectivity index (χ3n) is 2.37. The van der Waals surface area contributed by atoms with Crippen molar-refractivity contribution in [3.05, 3.63) is 47.0 Å². The Morgan fingerprint density at radius 3 is 2.59 bits per heavy atom. The molecule has 2 aromatic rings. The zero-order valence-electron chi connectivity index (χ0n) is 9.82. The number of hydrogen-bond donors (Lipinski definition) is 2. The molecule has 0 spiro atoms. The lowest BCUT2D eigenvalue weighted by atomic mass is 10.1. The Morgan fingerprint density at radius 1 is 1.29 bits per heavy atom. The number of amides is 1. The Labute approximate surface area is 99.3 Å². The second kappa shape index (κ2) is 4.78. The van der Waals surface area contributed by atoms with E-state index in [9.17, 15) is 4.79 Å². The Morgan fingerprint density at radius 2 is 2.00 bits per heavy atom. The second-order valence-corrected chi connectivity index (χ2v) is 3.99. The molecular formula is C12H14N4O. The second-order valence-electron chi connectivity index (χ2n) is 3.99. The van der Waals surface area contributed by atoms with Crippen molar-refractivity contribution in [2.24, 2.45) is 0 Å². The summed E-state index contributed by atoms with van der Waals surface area (Å²) in [6.07, 6.45) is 1.41. The average molecular weight is 230 g/mol. The molecule has 1 heterocycles. The highest BCUT2D eigenvalue weighted by Crippen LogP contribution is 2.08. The molecule has 17 heavy (non-hydrogen) atoms. The van der Waals surface area contributed by atoms with Crippen LogP contribution < -0.4 is 5.32 Å². The number of rotatable bonds is 3. The molecule has 88 valence electrons. The summed E-state index contributed by atoms with van der Waals surface area (Å²) in [6.45, 7) is 4.30. The van der Waals surface area contributed by atoms with Crippen LogP contribution in [0.2, 0.25) is 0 Å². The normalized spacial score (nSPS) is 10.2. The molecule has 5 heteroatoms. The first kappa shape index (κ1) is 11.3. The lowest BCUT2D eigenvalue weighted by Crippen LogP contribution is -2.23. The maximum atomic E-state index is 11.9. The molecule has 2 rings (SSSR count). The van der Waals surface area contributed by atoms with Crippen molar-refractivity contribution in [3.63, 3.8) is 0 Å². The molecule has 0 atom stereocenters. The van der Waals surface area contributed by atoms with Crippen LogP contribution >= 0.6 is 0 Å². The Hall–Kier alpha value is -2.17. The van der Waals surface area contributed by atoms with Crippen molar-refractivity contribution in [2.45, 2.75) is 20.4 Å². The van der Waals surface area contributed by atoms with E-state index in [4.69, 9.17) is 0 Å². The quantitative estimate of drug-likeness (QED) is 0.836. The van der Waals surface area contributed by atoms with Gasteiger partial charge in [-0.2, -0.15) is 5.10 Å². The van der Waals surface area contributed by atoms with Crippen molar-refractivity contribution in [3.8, 4) is 0 Å². The van der Waals surface area contributed by atoms with Gasteiger partial charge in [-0.3, -0.25) is 9.89 Å². The summed E-state index contributed by atoms with van der Waals surface area (Å²) < 4.78 is 0. The number of carbonyl (C=O) groups is 1. The number of nitrogens with zero attached hydrogens (tertiary/aromatic N) is 2. The molecule has 0 saturated carbocycles. The summed E-state index contributed by atoms with van der Waals surface area (Å²) in [4.78, 5) is 15.8. The minimum Gasteiger partial charge on any atom is -0.345 e. The van der Waals surface area contributed by atoms with Crippen molar-refractivity contribution >= 4 is 5.91 Å². The van der Waals surface area contributed by atoms with Gasteiger partial charge in [-0.1, -0.05) is 17.2 Å². The van der Waals surface area contributed by atoms with Crippen LogP contribution in [-0.4, -0.2) is 21.1 Å². The van der Waals surface area contributed by atoms with E-state index >= 15 is 0 Å². The van der Waals surface area contributed by atoms with Gasteiger partial charge in [0.15, 0.2) is 0 Å². The fourth-order valence-corrected chi connectivity index (χ4v) is 1.69. The first-order valence-electron chi connectivity index (χ1n) is 5.36. The van der Waals surface area contributed by atoms with Crippen LogP contribution in [0, 0.1) is 13.8 Å². The van der Waals surface area contributed by atoms with E-state index in [1.807, 2.05) is 32.0 Å². The fourth-order valence-electron chi connectivity index (χ4n) is 1.69. The van der Waals surface area contributed by atoms with E-state index in [0.29, 0.717) is 17.9 Å². The van der Waals surface area contributed by atoms with Gasteiger partial charge in [-0.05, 0) is 26.0 Å². The first-order valence-corrected chi connectivity index (χ1v) is 5.36. The Kier molecular flexibility index (Phi) is 3.18. The number of benzene rings is 1. The molecule has 0 radical (unpaired) electrons. The highest BCUT2D eigenvalue weighted by Gasteiger charge is 2.06. The highest BCUT2D eigenvalue weighted by atomic mass is 16.1. The minimum atomic E-state index is -0.104. The smallest absolute Gasteiger partial charge is 0.251 e. The topological polar surface area (TPSA) is 70.7 Å². The van der Waals surface area contributed by atoms with Crippen LogP contribution in [-0.2, 0) is 6.54 Å². The number of aryl methyl sites for hydroxylation is 2. The monoisotopic (exact) mass is 230 g/mol. The highest BCUT2D eigenvalue weighted by molar-refractivity contribution is 5.94. The Balaban J connectivity index is 2.04. The molecule has 0 bridgehead atoms. The van der Waals surface area contributed by atoms with Crippen LogP contribution in [0.1, 0.15) is 27.3 Å². The number of H-pyrrole nitrogens is 1. The summed E-state index contributed by atoms with van der Waals surface area (Å²) >= 11 is 0. The zero-order chi connectivity index (χ0) is 12.3. The molecule has 5 nitrogen and oxygen atoms in total. The summed E-state index contributed by atoms with van der Waals surface area (Å²) in [5, 5.41) is 9.19. The summed E-state index contributed by atoms with van der Waals surface area (Å²) in [5.74, 6) is 0.538. The van der Waals surface area contributed by atoms with Gasteiger partial charge in [-0.25, -0.2) is 4.98 Å². The van der Waals surface area contributed by atoms with E-state index in [1.54, 1.807) is 0 Å². The molecular weight excluding hydrogens is 216 g/mol. The average Bonchev–Trinajstić information content (AvgIpc) is 2.77. The molecule has 0 aliphatic carbocycles. The maximum Gasteiger partial charge on any atom is 0.251 e. The van der Waals surface area contributed by atoms with Crippen LogP contribution in [0.15, 0.2) is 24.5 Å². The third-order valence-corrected chi connectivity index (χ3v) is 2.37. The van der Waals surface area contributed by atoms with Gasteiger partial charge in [-0.15, -0.1) is 0 Å². The van der Waals surface area contributed by atoms with Crippen molar-refractivity contribution in [2.75, 3.05) is 0 Å². The summed E-state index contributed by atoms with van der Waals surface area (Å²) in [6, 6.07) is 5.76.